The van der Waals surface area contributed by atoms with Crippen LogP contribution in [-0.4, -0.2) is 25.2 Å². The van der Waals surface area contributed by atoms with Crippen molar-refractivity contribution in [3.8, 4) is 0 Å². The molecule has 0 atom stereocenters. The van der Waals surface area contributed by atoms with Gasteiger partial charge in [-0.3, -0.25) is 0 Å². The molecule has 0 unspecified atom stereocenters. The molecule has 0 aromatic rings. The van der Waals surface area contributed by atoms with E-state index >= 15 is 0 Å². The molecular formula is C12H26N2. The summed E-state index contributed by atoms with van der Waals surface area (Å²) in [5.74, 6) is 0.955. The van der Waals surface area contributed by atoms with Crippen LogP contribution in [0.5, 0.6) is 0 Å². The van der Waals surface area contributed by atoms with Gasteiger partial charge in [-0.2, -0.15) is 0 Å². The molecule has 14 heavy (non-hydrogen) atoms. The van der Waals surface area contributed by atoms with E-state index in [9.17, 15) is 0 Å². The quantitative estimate of drug-likeness (QED) is 0.707. The first-order valence-corrected chi connectivity index (χ1v) is 6.10. The van der Waals surface area contributed by atoms with Crippen molar-refractivity contribution in [2.45, 2.75) is 52.0 Å². The lowest BCUT2D eigenvalue weighted by Crippen LogP contribution is -2.40. The first-order valence-electron chi connectivity index (χ1n) is 6.10. The minimum absolute atomic E-state index is 0.326. The summed E-state index contributed by atoms with van der Waals surface area (Å²) in [5, 5.41) is 7.05. The topological polar surface area (TPSA) is 24.1 Å². The summed E-state index contributed by atoms with van der Waals surface area (Å²) in [4.78, 5) is 0. The fraction of sp³-hybridized carbons (Fsp3) is 1.00. The summed E-state index contributed by atoms with van der Waals surface area (Å²) < 4.78 is 0. The Morgan fingerprint density at radius 1 is 1.29 bits per heavy atom. The van der Waals surface area contributed by atoms with Gasteiger partial charge in [-0.1, -0.05) is 6.92 Å². The van der Waals surface area contributed by atoms with Crippen LogP contribution < -0.4 is 10.6 Å². The second-order valence-corrected chi connectivity index (χ2v) is 5.15. The lowest BCUT2D eigenvalue weighted by molar-refractivity contribution is 0.314. The van der Waals surface area contributed by atoms with Gasteiger partial charge < -0.3 is 10.6 Å². The molecule has 1 heterocycles. The molecule has 0 aromatic carbocycles. The Bertz CT molecular complexity index is 148. The predicted octanol–water partition coefficient (Wildman–Crippen LogP) is 2.15. The van der Waals surface area contributed by atoms with Crippen LogP contribution in [0.1, 0.15) is 46.5 Å². The van der Waals surface area contributed by atoms with Gasteiger partial charge in [-0.15, -0.1) is 0 Å². The SMILES string of the molecule is CCC(C)(C)NCCC1CCNCC1. The Hall–Kier alpha value is -0.0800. The van der Waals surface area contributed by atoms with Crippen molar-refractivity contribution in [3.05, 3.63) is 0 Å². The van der Waals surface area contributed by atoms with Gasteiger partial charge in [0.1, 0.15) is 0 Å². The van der Waals surface area contributed by atoms with Crippen LogP contribution in [0, 0.1) is 5.92 Å². The van der Waals surface area contributed by atoms with E-state index in [1.165, 1.54) is 45.3 Å². The van der Waals surface area contributed by atoms with Gasteiger partial charge >= 0.3 is 0 Å². The first kappa shape index (κ1) is 12.0. The minimum Gasteiger partial charge on any atom is -0.317 e. The van der Waals surface area contributed by atoms with Gasteiger partial charge in [0, 0.05) is 5.54 Å². The summed E-state index contributed by atoms with van der Waals surface area (Å²) in [6, 6.07) is 0. The molecule has 0 saturated carbocycles. The molecule has 2 heteroatoms. The molecule has 1 fully saturated rings. The Kier molecular flexibility index (Phi) is 4.90. The van der Waals surface area contributed by atoms with E-state index in [2.05, 4.69) is 31.4 Å². The molecule has 1 rings (SSSR count). The van der Waals surface area contributed by atoms with Crippen molar-refractivity contribution in [1.82, 2.24) is 10.6 Å². The van der Waals surface area contributed by atoms with Crippen molar-refractivity contribution in [3.63, 3.8) is 0 Å². The highest BCUT2D eigenvalue weighted by Gasteiger charge is 2.16. The van der Waals surface area contributed by atoms with E-state index in [0.717, 1.165) is 5.92 Å². The average molecular weight is 198 g/mol. The van der Waals surface area contributed by atoms with Gasteiger partial charge in [0.15, 0.2) is 0 Å². The predicted molar refractivity (Wildman–Crippen MR) is 62.6 cm³/mol. The van der Waals surface area contributed by atoms with Gasteiger partial charge in [-0.25, -0.2) is 0 Å². The molecular weight excluding hydrogens is 172 g/mol. The first-order chi connectivity index (χ1) is 6.64. The molecule has 2 nitrogen and oxygen atoms in total. The molecule has 1 aliphatic rings. The van der Waals surface area contributed by atoms with Crippen molar-refractivity contribution < 1.29 is 0 Å². The van der Waals surface area contributed by atoms with E-state index in [1.54, 1.807) is 0 Å². The normalized spacial score (nSPS) is 19.9. The van der Waals surface area contributed by atoms with Crippen molar-refractivity contribution in [2.24, 2.45) is 5.92 Å². The molecule has 0 spiro atoms. The number of nitrogens with one attached hydrogen (secondary N) is 2. The standard InChI is InChI=1S/C12H26N2/c1-4-12(2,3)14-10-7-11-5-8-13-9-6-11/h11,13-14H,4-10H2,1-3H3. The lowest BCUT2D eigenvalue weighted by atomic mass is 9.94. The van der Waals surface area contributed by atoms with Gasteiger partial charge in [0.2, 0.25) is 0 Å². The third-order valence-corrected chi connectivity index (χ3v) is 3.50. The molecule has 0 radical (unpaired) electrons. The van der Waals surface area contributed by atoms with Crippen molar-refractivity contribution >= 4 is 0 Å². The largest absolute Gasteiger partial charge is 0.317 e. The molecule has 0 amide bonds. The molecule has 0 aliphatic carbocycles. The zero-order valence-electron chi connectivity index (χ0n) is 10.0. The third-order valence-electron chi connectivity index (χ3n) is 3.50. The zero-order chi connectivity index (χ0) is 10.4. The van der Waals surface area contributed by atoms with E-state index in [0.29, 0.717) is 5.54 Å². The summed E-state index contributed by atoms with van der Waals surface area (Å²) in [7, 11) is 0. The van der Waals surface area contributed by atoms with E-state index in [4.69, 9.17) is 0 Å². The fourth-order valence-corrected chi connectivity index (χ4v) is 1.91. The summed E-state index contributed by atoms with van der Waals surface area (Å²) in [5.41, 5.74) is 0.326. The van der Waals surface area contributed by atoms with Gasteiger partial charge in [0.05, 0.1) is 0 Å². The van der Waals surface area contributed by atoms with Crippen molar-refractivity contribution in [1.29, 1.82) is 0 Å². The van der Waals surface area contributed by atoms with E-state index in [1.807, 2.05) is 0 Å². The maximum atomic E-state index is 3.64. The molecule has 0 bridgehead atoms. The van der Waals surface area contributed by atoms with Crippen LogP contribution in [0.4, 0.5) is 0 Å². The molecule has 2 N–H and O–H groups in total. The fourth-order valence-electron chi connectivity index (χ4n) is 1.91. The molecule has 84 valence electrons. The Morgan fingerprint density at radius 3 is 2.50 bits per heavy atom. The number of rotatable bonds is 5. The Balaban J connectivity index is 2.08. The highest BCUT2D eigenvalue weighted by Crippen LogP contribution is 2.16. The maximum absolute atomic E-state index is 3.64. The van der Waals surface area contributed by atoms with Crippen LogP contribution in [0.15, 0.2) is 0 Å². The smallest absolute Gasteiger partial charge is 0.0122 e. The number of piperidine rings is 1. The van der Waals surface area contributed by atoms with E-state index < -0.39 is 0 Å². The average Bonchev–Trinajstić information content (AvgIpc) is 2.19. The zero-order valence-corrected chi connectivity index (χ0v) is 10.0. The second-order valence-electron chi connectivity index (χ2n) is 5.15. The summed E-state index contributed by atoms with van der Waals surface area (Å²) >= 11 is 0. The van der Waals surface area contributed by atoms with Crippen LogP contribution in [-0.2, 0) is 0 Å². The van der Waals surface area contributed by atoms with Crippen LogP contribution in [0.25, 0.3) is 0 Å². The monoisotopic (exact) mass is 198 g/mol. The highest BCUT2D eigenvalue weighted by atomic mass is 14.9. The van der Waals surface area contributed by atoms with Crippen LogP contribution in [0.2, 0.25) is 0 Å². The van der Waals surface area contributed by atoms with Crippen molar-refractivity contribution in [2.75, 3.05) is 19.6 Å². The Morgan fingerprint density at radius 2 is 1.93 bits per heavy atom. The third kappa shape index (κ3) is 4.43. The van der Waals surface area contributed by atoms with Crippen LogP contribution in [0.3, 0.4) is 0 Å². The number of hydrogen-bond acceptors (Lipinski definition) is 2. The lowest BCUT2D eigenvalue weighted by Gasteiger charge is -2.27. The minimum atomic E-state index is 0.326. The summed E-state index contributed by atoms with van der Waals surface area (Å²) in [6.45, 7) is 10.5. The van der Waals surface area contributed by atoms with Crippen LogP contribution >= 0.6 is 0 Å². The maximum Gasteiger partial charge on any atom is 0.0122 e. The van der Waals surface area contributed by atoms with Gasteiger partial charge in [-0.05, 0) is 65.1 Å². The second kappa shape index (κ2) is 5.72. The van der Waals surface area contributed by atoms with Gasteiger partial charge in [0.25, 0.3) is 0 Å². The molecule has 0 aromatic heterocycles. The Labute approximate surface area is 88.8 Å². The summed E-state index contributed by atoms with van der Waals surface area (Å²) in [6.07, 6.45) is 5.30. The molecule has 1 aliphatic heterocycles. The van der Waals surface area contributed by atoms with E-state index in [-0.39, 0.29) is 0 Å². The molecule has 1 saturated heterocycles. The number of hydrogen-bond donors (Lipinski definition) is 2. The highest BCUT2D eigenvalue weighted by molar-refractivity contribution is 4.76.